The van der Waals surface area contributed by atoms with Crippen molar-refractivity contribution >= 4 is 16.8 Å². The number of benzene rings is 1. The van der Waals surface area contributed by atoms with Crippen molar-refractivity contribution in [2.75, 3.05) is 26.7 Å². The molecule has 0 spiro atoms. The Balaban J connectivity index is 1.56. The number of rotatable bonds is 2. The number of aromatic nitrogens is 2. The number of hydrogen-bond acceptors (Lipinski definition) is 4. The Morgan fingerprint density at radius 1 is 1.39 bits per heavy atom. The first kappa shape index (κ1) is 13.4. The van der Waals surface area contributed by atoms with E-state index in [9.17, 15) is 4.79 Å². The lowest BCUT2D eigenvalue weighted by Crippen LogP contribution is -2.44. The van der Waals surface area contributed by atoms with Crippen molar-refractivity contribution in [2.24, 2.45) is 5.92 Å². The number of nitrogens with zero attached hydrogens (tertiary/aromatic N) is 3. The molecule has 1 amide bonds. The van der Waals surface area contributed by atoms with Gasteiger partial charge in [0.15, 0.2) is 5.69 Å². The molecule has 3 aliphatic rings. The number of piperidine rings is 2. The Kier molecular flexibility index (Phi) is 2.74. The SMILES string of the molecule is COc1ccc2[nH]nc(C(=O)N3C4CC5CN(CCC53)C4)c2c1. The molecule has 6 heteroatoms. The average Bonchev–Trinajstić information content (AvgIpc) is 3.06. The lowest BCUT2D eigenvalue weighted by Gasteiger charge is -2.35. The van der Waals surface area contributed by atoms with Gasteiger partial charge in [0, 0.05) is 37.1 Å². The van der Waals surface area contributed by atoms with E-state index in [0.29, 0.717) is 23.7 Å². The zero-order valence-corrected chi connectivity index (χ0v) is 13.2. The Bertz CT molecular complexity index is 786. The highest BCUT2D eigenvalue weighted by Gasteiger charge is 2.50. The molecule has 2 aromatic rings. The Labute approximate surface area is 134 Å². The number of aromatic amines is 1. The summed E-state index contributed by atoms with van der Waals surface area (Å²) in [7, 11) is 1.64. The molecule has 4 unspecified atom stereocenters. The molecule has 3 aliphatic heterocycles. The lowest BCUT2D eigenvalue weighted by atomic mass is 9.89. The minimum atomic E-state index is 0.0748. The fraction of sp³-hybridized carbons (Fsp3) is 0.529. The molecule has 23 heavy (non-hydrogen) atoms. The van der Waals surface area contributed by atoms with Crippen molar-refractivity contribution in [1.82, 2.24) is 20.0 Å². The van der Waals surface area contributed by atoms with E-state index >= 15 is 0 Å². The lowest BCUT2D eigenvalue weighted by molar-refractivity contribution is 0.0668. The van der Waals surface area contributed by atoms with Crippen molar-refractivity contribution < 1.29 is 9.53 Å². The van der Waals surface area contributed by atoms with Gasteiger partial charge in [-0.2, -0.15) is 5.10 Å². The van der Waals surface area contributed by atoms with Gasteiger partial charge in [0.1, 0.15) is 5.75 Å². The van der Waals surface area contributed by atoms with Gasteiger partial charge in [0.05, 0.1) is 12.6 Å². The molecule has 4 atom stereocenters. The highest BCUT2D eigenvalue weighted by Crippen LogP contribution is 2.41. The van der Waals surface area contributed by atoms with Gasteiger partial charge in [0.2, 0.25) is 0 Å². The zero-order chi connectivity index (χ0) is 15.6. The number of ether oxygens (including phenoxy) is 1. The zero-order valence-electron chi connectivity index (χ0n) is 13.2. The summed E-state index contributed by atoms with van der Waals surface area (Å²) in [5.41, 5.74) is 1.41. The van der Waals surface area contributed by atoms with E-state index in [-0.39, 0.29) is 5.91 Å². The molecule has 6 nitrogen and oxygen atoms in total. The Morgan fingerprint density at radius 2 is 2.30 bits per heavy atom. The van der Waals surface area contributed by atoms with Crippen molar-refractivity contribution in [3.63, 3.8) is 0 Å². The molecule has 0 aliphatic carbocycles. The summed E-state index contributed by atoms with van der Waals surface area (Å²) in [5.74, 6) is 1.47. The Hall–Kier alpha value is -2.08. The van der Waals surface area contributed by atoms with Gasteiger partial charge in [-0.1, -0.05) is 0 Å². The number of carbonyl (C=O) groups is 1. The highest BCUT2D eigenvalue weighted by atomic mass is 16.5. The molecular formula is C17H20N4O2. The second-order valence-electron chi connectivity index (χ2n) is 6.96. The quantitative estimate of drug-likeness (QED) is 0.913. The number of H-pyrrole nitrogens is 1. The average molecular weight is 312 g/mol. The molecule has 1 N–H and O–H groups in total. The standard InChI is InChI=1S/C17H20N4O2/c1-23-12-2-3-14-13(7-12)16(19-18-14)17(22)21-11-6-10-8-20(9-11)5-4-15(10)21/h2-3,7,10-11,15H,4-6,8-9H2,1H3,(H,18,19). The van der Waals surface area contributed by atoms with Crippen LogP contribution in [0.1, 0.15) is 23.3 Å². The summed E-state index contributed by atoms with van der Waals surface area (Å²) in [6.07, 6.45) is 2.25. The first-order valence-electron chi connectivity index (χ1n) is 8.32. The number of likely N-dealkylation sites (tertiary alicyclic amines) is 1. The van der Waals surface area contributed by atoms with Crippen LogP contribution in [0.25, 0.3) is 10.9 Å². The third-order valence-electron chi connectivity index (χ3n) is 5.78. The number of nitrogens with one attached hydrogen (secondary N) is 1. The topological polar surface area (TPSA) is 61.5 Å². The second kappa shape index (κ2) is 4.71. The molecule has 1 aromatic heterocycles. The van der Waals surface area contributed by atoms with E-state index in [1.165, 1.54) is 0 Å². The summed E-state index contributed by atoms with van der Waals surface area (Å²) in [5, 5.41) is 8.16. The van der Waals surface area contributed by atoms with Crippen LogP contribution in [-0.4, -0.2) is 64.7 Å². The van der Waals surface area contributed by atoms with Crippen LogP contribution >= 0.6 is 0 Å². The van der Waals surface area contributed by atoms with E-state index in [1.54, 1.807) is 7.11 Å². The molecule has 120 valence electrons. The fourth-order valence-electron chi connectivity index (χ4n) is 4.78. The number of methoxy groups -OCH3 is 1. The van der Waals surface area contributed by atoms with Crippen molar-refractivity contribution in [1.29, 1.82) is 0 Å². The first-order chi connectivity index (χ1) is 11.2. The van der Waals surface area contributed by atoms with Crippen LogP contribution < -0.4 is 4.74 Å². The summed E-state index contributed by atoms with van der Waals surface area (Å²) < 4.78 is 5.30. The maximum Gasteiger partial charge on any atom is 0.275 e. The third-order valence-corrected chi connectivity index (χ3v) is 5.78. The summed E-state index contributed by atoms with van der Waals surface area (Å²) in [6.45, 7) is 3.29. The third kappa shape index (κ3) is 1.84. The van der Waals surface area contributed by atoms with Crippen LogP contribution in [0, 0.1) is 5.92 Å². The van der Waals surface area contributed by atoms with Gasteiger partial charge in [-0.25, -0.2) is 0 Å². The molecule has 0 radical (unpaired) electrons. The molecule has 0 saturated carbocycles. The van der Waals surface area contributed by atoms with Crippen molar-refractivity contribution in [3.8, 4) is 5.75 Å². The molecule has 4 heterocycles. The number of amides is 1. The molecule has 3 fully saturated rings. The van der Waals surface area contributed by atoms with Crippen molar-refractivity contribution in [2.45, 2.75) is 24.9 Å². The molecule has 5 rings (SSSR count). The predicted octanol–water partition coefficient (Wildman–Crippen LogP) is 1.49. The van der Waals surface area contributed by atoms with Crippen LogP contribution in [0.5, 0.6) is 5.75 Å². The normalized spacial score (nSPS) is 31.8. The van der Waals surface area contributed by atoms with Gasteiger partial charge in [0.25, 0.3) is 5.91 Å². The van der Waals surface area contributed by atoms with E-state index in [2.05, 4.69) is 20.0 Å². The van der Waals surface area contributed by atoms with Crippen LogP contribution in [0.3, 0.4) is 0 Å². The maximum atomic E-state index is 13.2. The minimum absolute atomic E-state index is 0.0748. The molecular weight excluding hydrogens is 292 g/mol. The number of carbonyl (C=O) groups excluding carboxylic acids is 1. The van der Waals surface area contributed by atoms with Crippen LogP contribution in [0.4, 0.5) is 0 Å². The molecule has 1 aromatic carbocycles. The first-order valence-corrected chi connectivity index (χ1v) is 8.32. The van der Waals surface area contributed by atoms with Gasteiger partial charge in [-0.05, 0) is 37.0 Å². The predicted molar refractivity (Wildman–Crippen MR) is 85.6 cm³/mol. The maximum absolute atomic E-state index is 13.2. The summed E-state index contributed by atoms with van der Waals surface area (Å²) in [4.78, 5) is 17.9. The van der Waals surface area contributed by atoms with Crippen molar-refractivity contribution in [3.05, 3.63) is 23.9 Å². The van der Waals surface area contributed by atoms with E-state index in [0.717, 1.165) is 49.1 Å². The summed E-state index contributed by atoms with van der Waals surface area (Å²) >= 11 is 0. The largest absolute Gasteiger partial charge is 0.497 e. The Morgan fingerprint density at radius 3 is 3.17 bits per heavy atom. The fourth-order valence-corrected chi connectivity index (χ4v) is 4.78. The van der Waals surface area contributed by atoms with Gasteiger partial charge >= 0.3 is 0 Å². The molecule has 3 saturated heterocycles. The number of fused-ring (bicyclic) bond motifs is 3. The number of hydrogen-bond donors (Lipinski definition) is 1. The van der Waals surface area contributed by atoms with E-state index < -0.39 is 0 Å². The van der Waals surface area contributed by atoms with Crippen LogP contribution in [-0.2, 0) is 0 Å². The monoisotopic (exact) mass is 312 g/mol. The van der Waals surface area contributed by atoms with Gasteiger partial charge in [-0.15, -0.1) is 0 Å². The smallest absolute Gasteiger partial charge is 0.275 e. The van der Waals surface area contributed by atoms with Gasteiger partial charge < -0.3 is 14.5 Å². The van der Waals surface area contributed by atoms with Crippen LogP contribution in [0.15, 0.2) is 18.2 Å². The minimum Gasteiger partial charge on any atom is -0.497 e. The second-order valence-corrected chi connectivity index (χ2v) is 6.96. The summed E-state index contributed by atoms with van der Waals surface area (Å²) in [6, 6.07) is 6.44. The van der Waals surface area contributed by atoms with E-state index in [4.69, 9.17) is 4.74 Å². The van der Waals surface area contributed by atoms with E-state index in [1.807, 2.05) is 18.2 Å². The molecule has 3 bridgehead atoms. The van der Waals surface area contributed by atoms with Gasteiger partial charge in [-0.3, -0.25) is 9.89 Å². The van der Waals surface area contributed by atoms with Crippen LogP contribution in [0.2, 0.25) is 0 Å². The highest BCUT2D eigenvalue weighted by molar-refractivity contribution is 6.05.